The maximum absolute atomic E-state index is 12.6. The summed E-state index contributed by atoms with van der Waals surface area (Å²) in [4.78, 5) is 3.48. The van der Waals surface area contributed by atoms with Crippen molar-refractivity contribution in [3.8, 4) is 0 Å². The van der Waals surface area contributed by atoms with Crippen LogP contribution in [0.4, 0.5) is 13.2 Å². The highest BCUT2D eigenvalue weighted by molar-refractivity contribution is 6.45. The van der Waals surface area contributed by atoms with Gasteiger partial charge in [-0.2, -0.15) is 13.2 Å². The number of halogens is 6. The smallest absolute Gasteiger partial charge is 0.242 e. The van der Waals surface area contributed by atoms with E-state index in [1.54, 1.807) is 6.92 Å². The molecular weight excluding hydrogens is 309 g/mol. The molecule has 0 saturated carbocycles. The van der Waals surface area contributed by atoms with Crippen molar-refractivity contribution in [1.29, 1.82) is 0 Å². The second-order valence-corrected chi connectivity index (χ2v) is 4.89. The minimum absolute atomic E-state index is 0.0490. The van der Waals surface area contributed by atoms with Gasteiger partial charge in [0, 0.05) is 5.39 Å². The van der Waals surface area contributed by atoms with E-state index in [0.29, 0.717) is 5.56 Å². The van der Waals surface area contributed by atoms with Crippen molar-refractivity contribution in [2.24, 2.45) is 0 Å². The van der Waals surface area contributed by atoms with E-state index in [1.165, 1.54) is 6.07 Å². The highest BCUT2D eigenvalue weighted by Gasteiger charge is 2.33. The van der Waals surface area contributed by atoms with Gasteiger partial charge in [0.25, 0.3) is 0 Å². The Hall–Kier alpha value is -0.710. The van der Waals surface area contributed by atoms with Crippen LogP contribution in [0.25, 0.3) is 10.9 Å². The van der Waals surface area contributed by atoms with E-state index in [2.05, 4.69) is 4.98 Å². The predicted octanol–water partition coefficient (Wildman–Crippen LogP) is 5.52. The molecule has 0 atom stereocenters. The predicted molar refractivity (Wildman–Crippen MR) is 66.5 cm³/mol. The van der Waals surface area contributed by atoms with Gasteiger partial charge in [-0.3, -0.25) is 0 Å². The fraction of sp³-hybridized carbons (Fsp3) is 0.182. The van der Waals surface area contributed by atoms with Crippen molar-refractivity contribution in [2.45, 2.75) is 13.1 Å². The zero-order valence-electron chi connectivity index (χ0n) is 8.87. The molecule has 0 fully saturated rings. The van der Waals surface area contributed by atoms with E-state index in [9.17, 15) is 13.2 Å². The van der Waals surface area contributed by atoms with Crippen LogP contribution in [0, 0.1) is 6.92 Å². The highest BCUT2D eigenvalue weighted by atomic mass is 35.5. The molecule has 2 rings (SSSR count). The standard InChI is InChI=1S/C11H5Cl3F3N/c1-4-2-6(13)10-8(9(4)14)5(12)3-7(18-10)11(15,16)17/h2-3H,1H3. The maximum atomic E-state index is 12.6. The Morgan fingerprint density at radius 2 is 1.67 bits per heavy atom. The summed E-state index contributed by atoms with van der Waals surface area (Å²) >= 11 is 17.7. The van der Waals surface area contributed by atoms with Crippen LogP contribution in [0.5, 0.6) is 0 Å². The molecule has 0 saturated heterocycles. The fourth-order valence-electron chi connectivity index (χ4n) is 1.56. The normalized spacial score (nSPS) is 12.2. The average molecular weight is 315 g/mol. The van der Waals surface area contributed by atoms with Gasteiger partial charge in [0.05, 0.1) is 20.6 Å². The minimum Gasteiger partial charge on any atom is -0.242 e. The lowest BCUT2D eigenvalue weighted by Crippen LogP contribution is -2.08. The number of hydrogen-bond donors (Lipinski definition) is 0. The molecule has 1 aromatic carbocycles. The molecule has 0 aliphatic carbocycles. The maximum Gasteiger partial charge on any atom is 0.433 e. The molecule has 0 N–H and O–H groups in total. The number of nitrogens with zero attached hydrogens (tertiary/aromatic N) is 1. The Labute approximate surface area is 115 Å². The van der Waals surface area contributed by atoms with Crippen LogP contribution in [0.2, 0.25) is 15.1 Å². The summed E-state index contributed by atoms with van der Waals surface area (Å²) in [7, 11) is 0. The van der Waals surface area contributed by atoms with E-state index in [1.807, 2.05) is 0 Å². The minimum atomic E-state index is -4.58. The number of aromatic nitrogens is 1. The number of fused-ring (bicyclic) bond motifs is 1. The summed E-state index contributed by atoms with van der Waals surface area (Å²) in [6.45, 7) is 1.68. The van der Waals surface area contributed by atoms with E-state index < -0.39 is 11.9 Å². The van der Waals surface area contributed by atoms with Gasteiger partial charge in [-0.25, -0.2) is 4.98 Å². The first-order valence-electron chi connectivity index (χ1n) is 4.74. The Morgan fingerprint density at radius 3 is 2.22 bits per heavy atom. The van der Waals surface area contributed by atoms with Gasteiger partial charge in [-0.1, -0.05) is 34.8 Å². The van der Waals surface area contributed by atoms with Crippen LogP contribution >= 0.6 is 34.8 Å². The molecule has 0 aliphatic rings. The summed E-state index contributed by atoms with van der Waals surface area (Å²) in [5.74, 6) is 0. The molecule has 0 spiro atoms. The summed E-state index contributed by atoms with van der Waals surface area (Å²) in [6.07, 6.45) is -4.58. The molecule has 18 heavy (non-hydrogen) atoms. The number of rotatable bonds is 0. The van der Waals surface area contributed by atoms with E-state index >= 15 is 0 Å². The van der Waals surface area contributed by atoms with E-state index in [4.69, 9.17) is 34.8 Å². The zero-order valence-corrected chi connectivity index (χ0v) is 11.1. The Kier molecular flexibility index (Phi) is 3.38. The molecule has 0 aliphatic heterocycles. The van der Waals surface area contributed by atoms with Crippen LogP contribution in [-0.2, 0) is 6.18 Å². The van der Waals surface area contributed by atoms with E-state index in [-0.39, 0.29) is 26.0 Å². The molecule has 2 aromatic rings. The lowest BCUT2D eigenvalue weighted by molar-refractivity contribution is -0.140. The third-order valence-electron chi connectivity index (χ3n) is 2.40. The molecule has 0 bridgehead atoms. The Morgan fingerprint density at radius 1 is 1.06 bits per heavy atom. The summed E-state index contributed by atoms with van der Waals surface area (Å²) in [5.41, 5.74) is -0.522. The quantitative estimate of drug-likeness (QED) is 0.623. The molecule has 96 valence electrons. The topological polar surface area (TPSA) is 12.9 Å². The van der Waals surface area contributed by atoms with Crippen molar-refractivity contribution in [1.82, 2.24) is 4.98 Å². The molecule has 0 radical (unpaired) electrons. The molecule has 0 unspecified atom stereocenters. The largest absolute Gasteiger partial charge is 0.433 e. The zero-order chi connectivity index (χ0) is 13.7. The van der Waals surface area contributed by atoms with Gasteiger partial charge in [-0.15, -0.1) is 0 Å². The molecular formula is C11H5Cl3F3N. The van der Waals surface area contributed by atoms with Crippen molar-refractivity contribution in [3.05, 3.63) is 38.5 Å². The van der Waals surface area contributed by atoms with Crippen LogP contribution in [0.1, 0.15) is 11.3 Å². The molecule has 7 heteroatoms. The number of benzene rings is 1. The Balaban J connectivity index is 2.91. The van der Waals surface area contributed by atoms with Crippen LogP contribution in [0.15, 0.2) is 12.1 Å². The van der Waals surface area contributed by atoms with Gasteiger partial charge in [0.15, 0.2) is 0 Å². The van der Waals surface area contributed by atoms with Crippen molar-refractivity contribution in [2.75, 3.05) is 0 Å². The van der Waals surface area contributed by atoms with Crippen molar-refractivity contribution >= 4 is 45.7 Å². The summed E-state index contributed by atoms with van der Waals surface area (Å²) in [5, 5.41) is 0.444. The SMILES string of the molecule is Cc1cc(Cl)c2nc(C(F)(F)F)cc(Cl)c2c1Cl. The second kappa shape index (κ2) is 4.44. The fourth-order valence-corrected chi connectivity index (χ4v) is 2.44. The summed E-state index contributed by atoms with van der Waals surface area (Å²) in [6, 6.07) is 2.20. The molecule has 1 aromatic heterocycles. The number of pyridine rings is 1. The van der Waals surface area contributed by atoms with Crippen LogP contribution < -0.4 is 0 Å². The second-order valence-electron chi connectivity index (χ2n) is 3.70. The van der Waals surface area contributed by atoms with Gasteiger partial charge in [0.2, 0.25) is 0 Å². The van der Waals surface area contributed by atoms with Crippen LogP contribution in [0.3, 0.4) is 0 Å². The summed E-state index contributed by atoms with van der Waals surface area (Å²) < 4.78 is 37.8. The van der Waals surface area contributed by atoms with Crippen molar-refractivity contribution < 1.29 is 13.2 Å². The average Bonchev–Trinajstić information content (AvgIpc) is 2.24. The lowest BCUT2D eigenvalue weighted by Gasteiger charge is -2.11. The number of aryl methyl sites for hydroxylation is 1. The first-order chi connectivity index (χ1) is 8.21. The lowest BCUT2D eigenvalue weighted by atomic mass is 10.1. The number of alkyl halides is 3. The van der Waals surface area contributed by atoms with Crippen molar-refractivity contribution in [3.63, 3.8) is 0 Å². The third kappa shape index (κ3) is 2.25. The molecule has 0 amide bonds. The molecule has 1 nitrogen and oxygen atoms in total. The van der Waals surface area contributed by atoms with Crippen LogP contribution in [-0.4, -0.2) is 4.98 Å². The number of hydrogen-bond acceptors (Lipinski definition) is 1. The highest BCUT2D eigenvalue weighted by Crippen LogP contribution is 2.39. The van der Waals surface area contributed by atoms with E-state index in [0.717, 1.165) is 6.07 Å². The van der Waals surface area contributed by atoms with Gasteiger partial charge in [-0.05, 0) is 24.6 Å². The first kappa shape index (κ1) is 13.7. The van der Waals surface area contributed by atoms with Gasteiger partial charge < -0.3 is 0 Å². The third-order valence-corrected chi connectivity index (χ3v) is 3.47. The Bertz CT molecular complexity index is 638. The first-order valence-corrected chi connectivity index (χ1v) is 5.87. The monoisotopic (exact) mass is 313 g/mol. The van der Waals surface area contributed by atoms with Gasteiger partial charge >= 0.3 is 6.18 Å². The van der Waals surface area contributed by atoms with Gasteiger partial charge in [0.1, 0.15) is 5.69 Å². The molecule has 1 heterocycles.